The Morgan fingerprint density at radius 2 is 1.49 bits per heavy atom. The van der Waals surface area contributed by atoms with Gasteiger partial charge in [-0.3, -0.25) is 9.59 Å². The lowest BCUT2D eigenvalue weighted by molar-refractivity contribution is -0.137. The molecule has 5 aromatic rings. The van der Waals surface area contributed by atoms with Crippen LogP contribution in [0.1, 0.15) is 53.9 Å². The fourth-order valence-electron chi connectivity index (χ4n) is 5.09. The largest absolute Gasteiger partial charge is 0.481 e. The summed E-state index contributed by atoms with van der Waals surface area (Å²) in [5.74, 6) is -0.941. The van der Waals surface area contributed by atoms with Gasteiger partial charge in [0.05, 0.1) is 23.6 Å². The number of rotatable bonds is 12. The number of sulfonamides is 1. The lowest BCUT2D eigenvalue weighted by Gasteiger charge is -2.24. The van der Waals surface area contributed by atoms with Gasteiger partial charge in [-0.25, -0.2) is 17.9 Å². The summed E-state index contributed by atoms with van der Waals surface area (Å²) in [5, 5.41) is 5.23. The van der Waals surface area contributed by atoms with Crippen molar-refractivity contribution in [2.24, 2.45) is 0 Å². The number of hydrogen-bond donors (Lipinski definition) is 3. The molecule has 3 N–H and O–H groups in total. The minimum absolute atomic E-state index is 0.110. The number of halogens is 3. The van der Waals surface area contributed by atoms with Crippen molar-refractivity contribution in [3.8, 4) is 28.9 Å². The summed E-state index contributed by atoms with van der Waals surface area (Å²) in [6.07, 6.45) is -4.06. The monoisotopic (exact) mass is 803 g/mol. The van der Waals surface area contributed by atoms with Gasteiger partial charge in [-0.1, -0.05) is 55.1 Å². The predicted octanol–water partition coefficient (Wildman–Crippen LogP) is 7.93. The van der Waals surface area contributed by atoms with Gasteiger partial charge in [0.2, 0.25) is 11.8 Å². The van der Waals surface area contributed by atoms with Crippen molar-refractivity contribution in [3.05, 3.63) is 132 Å². The third kappa shape index (κ3) is 10.9. The quantitative estimate of drug-likeness (QED) is 0.112. The maximum Gasteiger partial charge on any atom is 0.416 e. The zero-order chi connectivity index (χ0) is 41.5. The smallest absolute Gasteiger partial charge is 0.416 e. The van der Waals surface area contributed by atoms with Crippen molar-refractivity contribution in [2.75, 3.05) is 12.4 Å². The molecule has 4 aromatic carbocycles. The summed E-state index contributed by atoms with van der Waals surface area (Å²) in [5.41, 5.74) is -0.489. The highest BCUT2D eigenvalue weighted by Gasteiger charge is 2.31. The van der Waals surface area contributed by atoms with Gasteiger partial charge in [-0.05, 0) is 80.9 Å². The minimum atomic E-state index is -4.68. The average Bonchev–Trinajstić information content (AvgIpc) is 3.16. The molecule has 5 rings (SSSR count). The Labute approximate surface area is 326 Å². The summed E-state index contributed by atoms with van der Waals surface area (Å²) in [7, 11) is -3.08. The van der Waals surface area contributed by atoms with E-state index in [-0.39, 0.29) is 34.3 Å². The average molecular weight is 804 g/mol. The highest BCUT2D eigenvalue weighted by Crippen LogP contribution is 2.33. The molecule has 3 amide bonds. The molecule has 0 spiro atoms. The number of nitrogens with zero attached hydrogens (tertiary/aromatic N) is 2. The molecule has 57 heavy (non-hydrogen) atoms. The number of nitrogens with one attached hydrogen (secondary N) is 3. The van der Waals surface area contributed by atoms with Crippen LogP contribution in [0.15, 0.2) is 115 Å². The molecule has 0 fully saturated rings. The van der Waals surface area contributed by atoms with Crippen LogP contribution >= 0.6 is 0 Å². The maximum absolute atomic E-state index is 13.9. The van der Waals surface area contributed by atoms with Gasteiger partial charge in [0.1, 0.15) is 17.4 Å². The van der Waals surface area contributed by atoms with Crippen LogP contribution in [-0.4, -0.2) is 49.0 Å². The third-order valence-corrected chi connectivity index (χ3v) is 9.13. The summed E-state index contributed by atoms with van der Waals surface area (Å²) < 4.78 is 82.9. The molecule has 296 valence electrons. The van der Waals surface area contributed by atoms with Crippen LogP contribution < -0.4 is 24.8 Å². The van der Waals surface area contributed by atoms with Crippen LogP contribution in [0.2, 0.25) is 0 Å². The third-order valence-electron chi connectivity index (χ3n) is 7.78. The topological polar surface area (TPSA) is 175 Å². The zero-order valence-electron chi connectivity index (χ0n) is 30.9. The van der Waals surface area contributed by atoms with Crippen LogP contribution in [-0.2, 0) is 25.7 Å². The molecule has 1 heterocycles. The second-order valence-corrected chi connectivity index (χ2v) is 14.8. The zero-order valence-corrected chi connectivity index (χ0v) is 31.7. The number of amides is 3. The van der Waals surface area contributed by atoms with Crippen molar-refractivity contribution in [2.45, 2.75) is 43.5 Å². The van der Waals surface area contributed by atoms with E-state index in [4.69, 9.17) is 14.2 Å². The van der Waals surface area contributed by atoms with Crippen molar-refractivity contribution < 1.29 is 50.2 Å². The first-order valence-corrected chi connectivity index (χ1v) is 18.4. The number of benzene rings is 4. The van der Waals surface area contributed by atoms with E-state index < -0.39 is 56.2 Å². The number of ether oxygens (including phenoxy) is 3. The Kier molecular flexibility index (Phi) is 12.3. The number of carbonyl (C=O) groups excluding carboxylic acids is 3. The SMILES string of the molecule is C=Cc1ccc(C(NC(=O)OC(C)(C)C)C(=O)Nc2ccc(C(=O)NS(=O)(=O)c3ccc(C(F)(F)F)cc3)cc2)cc1Oc1cc(OC)nc(-c2ccccc2)n1. The molecular formula is C40H36F3N5O8S. The van der Waals surface area contributed by atoms with E-state index in [9.17, 15) is 36.0 Å². The van der Waals surface area contributed by atoms with Crippen LogP contribution in [0.5, 0.6) is 17.5 Å². The molecule has 1 aromatic heterocycles. The van der Waals surface area contributed by atoms with E-state index in [1.54, 1.807) is 37.6 Å². The van der Waals surface area contributed by atoms with E-state index in [0.717, 1.165) is 12.1 Å². The van der Waals surface area contributed by atoms with E-state index in [1.807, 2.05) is 30.3 Å². The standard InChI is InChI=1S/C40H36F3N5O8S/c1-6-24-12-13-27(22-31(24)55-33-23-32(54-5)45-35(46-33)25-10-8-7-9-11-25)34(47-38(51)56-39(2,3)4)37(50)44-29-18-14-26(15-19-29)36(49)48-57(52,53)30-20-16-28(17-21-30)40(41,42)43/h6-23,34H,1H2,2-5H3,(H,44,50)(H,47,51)(H,48,49). The first-order valence-electron chi connectivity index (χ1n) is 16.9. The fraction of sp³-hybridized carbons (Fsp3) is 0.175. The highest BCUT2D eigenvalue weighted by atomic mass is 32.2. The van der Waals surface area contributed by atoms with Gasteiger partial charge in [0.15, 0.2) is 5.82 Å². The molecule has 0 bridgehead atoms. The number of anilines is 1. The predicted molar refractivity (Wildman–Crippen MR) is 204 cm³/mol. The summed E-state index contributed by atoms with van der Waals surface area (Å²) in [6, 6.07) is 21.6. The van der Waals surface area contributed by atoms with Gasteiger partial charge >= 0.3 is 12.3 Å². The molecule has 0 aliphatic carbocycles. The molecule has 0 aliphatic rings. The number of alkyl carbamates (subject to hydrolysis) is 1. The Balaban J connectivity index is 1.38. The Bertz CT molecular complexity index is 2390. The number of carbonyl (C=O) groups is 3. The molecule has 17 heteroatoms. The van der Waals surface area contributed by atoms with Gasteiger partial charge in [0, 0.05) is 22.4 Å². The molecule has 0 aliphatic heterocycles. The maximum atomic E-state index is 13.9. The van der Waals surface area contributed by atoms with Gasteiger partial charge in [-0.2, -0.15) is 23.1 Å². The van der Waals surface area contributed by atoms with Crippen molar-refractivity contribution in [1.29, 1.82) is 0 Å². The molecule has 13 nitrogen and oxygen atoms in total. The first-order chi connectivity index (χ1) is 26.8. The minimum Gasteiger partial charge on any atom is -0.481 e. The number of aromatic nitrogens is 2. The van der Waals surface area contributed by atoms with Crippen LogP contribution in [0.4, 0.5) is 23.7 Å². The van der Waals surface area contributed by atoms with Crippen molar-refractivity contribution in [3.63, 3.8) is 0 Å². The second-order valence-electron chi connectivity index (χ2n) is 13.1. The molecule has 1 unspecified atom stereocenters. The molecule has 0 saturated carbocycles. The Hall–Kier alpha value is -6.75. The highest BCUT2D eigenvalue weighted by molar-refractivity contribution is 7.90. The Morgan fingerprint density at radius 1 is 0.842 bits per heavy atom. The second kappa shape index (κ2) is 16.9. The van der Waals surface area contributed by atoms with Crippen molar-refractivity contribution >= 4 is 39.7 Å². The van der Waals surface area contributed by atoms with Crippen molar-refractivity contribution in [1.82, 2.24) is 20.0 Å². The van der Waals surface area contributed by atoms with E-state index in [0.29, 0.717) is 29.1 Å². The normalized spacial score (nSPS) is 12.1. The first kappa shape index (κ1) is 41.4. The summed E-state index contributed by atoms with van der Waals surface area (Å²) in [6.45, 7) is 8.80. The van der Waals surface area contributed by atoms with Gasteiger partial charge in [0.25, 0.3) is 21.8 Å². The Morgan fingerprint density at radius 3 is 2.09 bits per heavy atom. The molecule has 0 radical (unpaired) electrons. The fourth-order valence-corrected chi connectivity index (χ4v) is 6.06. The molecule has 1 atom stereocenters. The van der Waals surface area contributed by atoms with E-state index in [2.05, 4.69) is 27.2 Å². The number of hydrogen-bond acceptors (Lipinski definition) is 10. The molecular weight excluding hydrogens is 768 g/mol. The van der Waals surface area contributed by atoms with Crippen LogP contribution in [0.25, 0.3) is 17.5 Å². The lowest BCUT2D eigenvalue weighted by Crippen LogP contribution is -2.40. The van der Waals surface area contributed by atoms with E-state index in [1.165, 1.54) is 49.6 Å². The van der Waals surface area contributed by atoms with Gasteiger partial charge < -0.3 is 24.8 Å². The number of methoxy groups -OCH3 is 1. The van der Waals surface area contributed by atoms with E-state index >= 15 is 0 Å². The lowest BCUT2D eigenvalue weighted by atomic mass is 10.0. The van der Waals surface area contributed by atoms with Crippen LogP contribution in [0.3, 0.4) is 0 Å². The van der Waals surface area contributed by atoms with Gasteiger partial charge in [-0.15, -0.1) is 0 Å². The summed E-state index contributed by atoms with van der Waals surface area (Å²) in [4.78, 5) is 48.0. The number of alkyl halides is 3. The van der Waals surface area contributed by atoms with Crippen LogP contribution in [0, 0.1) is 0 Å². The summed E-state index contributed by atoms with van der Waals surface area (Å²) >= 11 is 0. The molecule has 0 saturated heterocycles.